The maximum Gasteiger partial charge on any atom is 0.353 e. The van der Waals surface area contributed by atoms with E-state index in [1.54, 1.807) is 6.92 Å². The number of nitrogens with two attached hydrogens (primary N) is 1. The van der Waals surface area contributed by atoms with Gasteiger partial charge in [-0.3, -0.25) is 14.9 Å². The fourth-order valence-corrected chi connectivity index (χ4v) is 4.05. The van der Waals surface area contributed by atoms with Crippen LogP contribution in [-0.2, 0) is 22.6 Å². The van der Waals surface area contributed by atoms with Crippen LogP contribution >= 0.6 is 0 Å². The molecule has 0 aliphatic carbocycles. The molecule has 0 radical (unpaired) electrons. The van der Waals surface area contributed by atoms with Gasteiger partial charge in [0.25, 0.3) is 0 Å². The molecule has 0 saturated heterocycles. The summed E-state index contributed by atoms with van der Waals surface area (Å²) in [6, 6.07) is 7.86. The number of carbonyl (C=O) groups excluding carboxylic acids is 1. The van der Waals surface area contributed by atoms with Crippen molar-refractivity contribution in [3.8, 4) is 6.01 Å². The van der Waals surface area contributed by atoms with Gasteiger partial charge in [-0.25, -0.2) is 0 Å². The Kier molecular flexibility index (Phi) is 12.7. The third-order valence-electron chi connectivity index (χ3n) is 6.29. The molecule has 11 heteroatoms. The van der Waals surface area contributed by atoms with Gasteiger partial charge in [0.1, 0.15) is 6.54 Å². The maximum absolute atomic E-state index is 12.5. The molecule has 11 nitrogen and oxygen atoms in total. The van der Waals surface area contributed by atoms with Crippen molar-refractivity contribution in [1.29, 1.82) is 0 Å². The Labute approximate surface area is 225 Å². The van der Waals surface area contributed by atoms with Gasteiger partial charge in [0.15, 0.2) is 0 Å². The highest BCUT2D eigenvalue weighted by Crippen LogP contribution is 2.34. The van der Waals surface area contributed by atoms with Crippen molar-refractivity contribution in [3.63, 3.8) is 0 Å². The number of nitro groups is 1. The molecule has 210 valence electrons. The van der Waals surface area contributed by atoms with Crippen LogP contribution in [0.5, 0.6) is 6.01 Å². The minimum absolute atomic E-state index is 0.0600. The topological polar surface area (TPSA) is 137 Å². The van der Waals surface area contributed by atoms with Gasteiger partial charge in [0.2, 0.25) is 11.6 Å². The number of hydrogen-bond acceptors (Lipinski definition) is 10. The molecular weight excluding hydrogens is 488 g/mol. The quantitative estimate of drug-likeness (QED) is 0.176. The van der Waals surface area contributed by atoms with Crippen molar-refractivity contribution in [2.45, 2.75) is 66.5 Å². The Morgan fingerprint density at radius 1 is 1.13 bits per heavy atom. The van der Waals surface area contributed by atoms with Crippen LogP contribution in [0.15, 0.2) is 24.3 Å². The molecule has 2 aromatic rings. The Hall–Kier alpha value is -3.47. The molecule has 2 rings (SSSR count). The second-order valence-electron chi connectivity index (χ2n) is 9.39. The van der Waals surface area contributed by atoms with Crippen LogP contribution in [0.1, 0.15) is 64.5 Å². The lowest BCUT2D eigenvalue weighted by atomic mass is 10.1. The SMILES string of the molecule is CCCCN(C)Cc1cccc(CN(CC(=O)OCC)c2nc(OCC(CC)CC)nc(N)c2[N+](=O)[O-])c1. The third kappa shape index (κ3) is 9.44. The van der Waals surface area contributed by atoms with E-state index >= 15 is 0 Å². The highest BCUT2D eigenvalue weighted by molar-refractivity contribution is 5.78. The molecule has 0 bridgehead atoms. The van der Waals surface area contributed by atoms with E-state index in [4.69, 9.17) is 15.2 Å². The van der Waals surface area contributed by atoms with Gasteiger partial charge in [0, 0.05) is 13.1 Å². The summed E-state index contributed by atoms with van der Waals surface area (Å²) in [5.74, 6) is -0.651. The van der Waals surface area contributed by atoms with Crippen molar-refractivity contribution >= 4 is 23.3 Å². The molecule has 0 aliphatic rings. The van der Waals surface area contributed by atoms with Gasteiger partial charge in [-0.2, -0.15) is 9.97 Å². The first-order chi connectivity index (χ1) is 18.2. The molecule has 0 spiro atoms. The molecule has 38 heavy (non-hydrogen) atoms. The van der Waals surface area contributed by atoms with Gasteiger partial charge in [-0.15, -0.1) is 0 Å². The van der Waals surface area contributed by atoms with E-state index in [1.807, 2.05) is 24.3 Å². The lowest BCUT2D eigenvalue weighted by Gasteiger charge is -2.24. The van der Waals surface area contributed by atoms with E-state index in [0.717, 1.165) is 49.9 Å². The van der Waals surface area contributed by atoms with Crippen molar-refractivity contribution in [2.24, 2.45) is 5.92 Å². The van der Waals surface area contributed by atoms with E-state index in [2.05, 4.69) is 42.7 Å². The zero-order valence-electron chi connectivity index (χ0n) is 23.3. The number of esters is 1. The summed E-state index contributed by atoms with van der Waals surface area (Å²) in [5, 5.41) is 12.0. The van der Waals surface area contributed by atoms with Crippen LogP contribution in [0.4, 0.5) is 17.3 Å². The zero-order valence-corrected chi connectivity index (χ0v) is 23.3. The number of unbranched alkanes of at least 4 members (excludes halogenated alkanes) is 1. The van der Waals surface area contributed by atoms with Crippen molar-refractivity contribution in [1.82, 2.24) is 14.9 Å². The summed E-state index contributed by atoms with van der Waals surface area (Å²) in [6.45, 7) is 10.2. The predicted octanol–water partition coefficient (Wildman–Crippen LogP) is 4.58. The van der Waals surface area contributed by atoms with Gasteiger partial charge in [0.05, 0.1) is 18.1 Å². The number of benzene rings is 1. The fourth-order valence-electron chi connectivity index (χ4n) is 4.05. The summed E-state index contributed by atoms with van der Waals surface area (Å²) in [4.78, 5) is 36.0. The zero-order chi connectivity index (χ0) is 28.1. The molecule has 2 N–H and O–H groups in total. The monoisotopic (exact) mass is 530 g/mol. The first-order valence-electron chi connectivity index (χ1n) is 13.3. The Morgan fingerprint density at radius 3 is 2.42 bits per heavy atom. The smallest absolute Gasteiger partial charge is 0.353 e. The van der Waals surface area contributed by atoms with Crippen LogP contribution in [-0.4, -0.2) is 59.1 Å². The van der Waals surface area contributed by atoms with E-state index in [-0.39, 0.29) is 43.3 Å². The largest absolute Gasteiger partial charge is 0.465 e. The number of aromatic nitrogens is 2. The van der Waals surface area contributed by atoms with Gasteiger partial charge in [-0.05, 0) is 44.0 Å². The molecule has 0 unspecified atom stereocenters. The number of anilines is 2. The second kappa shape index (κ2) is 15.7. The standard InChI is InChI=1S/C27H42N6O5/c1-6-10-14-31(5)16-21-12-11-13-22(15-21)17-32(18-23(34)37-9-4)26-24(33(35)36)25(28)29-27(30-26)38-19-20(7-2)8-3/h11-13,15,20H,6-10,14,16-19H2,1-5H3,(H2,28,29,30). The minimum Gasteiger partial charge on any atom is -0.465 e. The number of nitrogens with zero attached hydrogens (tertiary/aromatic N) is 5. The Bertz CT molecular complexity index is 1050. The fraction of sp³-hybridized carbons (Fsp3) is 0.593. The molecule has 0 amide bonds. The molecule has 0 atom stereocenters. The number of nitrogen functional groups attached to an aromatic ring is 1. The number of rotatable bonds is 17. The number of carbonyl (C=O) groups is 1. The molecule has 1 heterocycles. The van der Waals surface area contributed by atoms with Crippen LogP contribution in [0, 0.1) is 16.0 Å². The lowest BCUT2D eigenvalue weighted by molar-refractivity contribution is -0.383. The maximum atomic E-state index is 12.5. The normalized spacial score (nSPS) is 11.1. The molecule has 0 aliphatic heterocycles. The average Bonchev–Trinajstić information content (AvgIpc) is 2.87. The van der Waals surface area contributed by atoms with E-state index in [9.17, 15) is 14.9 Å². The third-order valence-corrected chi connectivity index (χ3v) is 6.29. The van der Waals surface area contributed by atoms with Crippen molar-refractivity contribution < 1.29 is 19.2 Å². The van der Waals surface area contributed by atoms with Crippen LogP contribution < -0.4 is 15.4 Å². The Balaban J connectivity index is 2.44. The summed E-state index contributed by atoms with van der Waals surface area (Å²) in [7, 11) is 2.07. The molecule has 1 aromatic carbocycles. The molecule has 0 saturated carbocycles. The number of hydrogen-bond donors (Lipinski definition) is 1. The molecule has 0 fully saturated rings. The Morgan fingerprint density at radius 2 is 1.82 bits per heavy atom. The summed E-state index contributed by atoms with van der Waals surface area (Å²) < 4.78 is 10.9. The molecule has 1 aromatic heterocycles. The van der Waals surface area contributed by atoms with Crippen molar-refractivity contribution in [2.75, 3.05) is 44.0 Å². The lowest BCUT2D eigenvalue weighted by Crippen LogP contribution is -2.32. The first-order valence-corrected chi connectivity index (χ1v) is 13.3. The highest BCUT2D eigenvalue weighted by atomic mass is 16.6. The summed E-state index contributed by atoms with van der Waals surface area (Å²) in [5.41, 5.74) is 7.50. The minimum atomic E-state index is -0.632. The van der Waals surface area contributed by atoms with E-state index < -0.39 is 16.6 Å². The average molecular weight is 531 g/mol. The van der Waals surface area contributed by atoms with E-state index in [0.29, 0.717) is 6.61 Å². The predicted molar refractivity (Wildman–Crippen MR) is 148 cm³/mol. The van der Waals surface area contributed by atoms with Crippen molar-refractivity contribution in [3.05, 3.63) is 45.5 Å². The van der Waals surface area contributed by atoms with Gasteiger partial charge >= 0.3 is 17.7 Å². The first kappa shape index (κ1) is 30.8. The number of ether oxygens (including phenoxy) is 2. The summed E-state index contributed by atoms with van der Waals surface area (Å²) >= 11 is 0. The highest BCUT2D eigenvalue weighted by Gasteiger charge is 2.30. The molecular formula is C27H42N6O5. The van der Waals surface area contributed by atoms with Gasteiger partial charge in [-0.1, -0.05) is 64.3 Å². The van der Waals surface area contributed by atoms with Gasteiger partial charge < -0.3 is 25.0 Å². The van der Waals surface area contributed by atoms with Crippen LogP contribution in [0.3, 0.4) is 0 Å². The van der Waals surface area contributed by atoms with Crippen LogP contribution in [0.25, 0.3) is 0 Å². The van der Waals surface area contributed by atoms with Crippen LogP contribution in [0.2, 0.25) is 0 Å². The van der Waals surface area contributed by atoms with E-state index in [1.165, 1.54) is 4.90 Å². The second-order valence-corrected chi connectivity index (χ2v) is 9.39. The summed E-state index contributed by atoms with van der Waals surface area (Å²) in [6.07, 6.45) is 4.05.